The second kappa shape index (κ2) is 12.8. The summed E-state index contributed by atoms with van der Waals surface area (Å²) in [7, 11) is 1.45. The first-order chi connectivity index (χ1) is 20.9. The van der Waals surface area contributed by atoms with Crippen molar-refractivity contribution in [3.63, 3.8) is 0 Å². The van der Waals surface area contributed by atoms with Crippen LogP contribution in [-0.4, -0.2) is 77.0 Å². The molecule has 1 aromatic carbocycles. The maximum absolute atomic E-state index is 13.6. The third kappa shape index (κ3) is 7.17. The number of rotatable bonds is 15. The number of carbonyl (C=O) groups excluding carboxylic acids is 2. The Kier molecular flexibility index (Phi) is 9.20. The quantitative estimate of drug-likeness (QED) is 0.208. The Bertz CT molecular complexity index is 1470. The monoisotopic (exact) mass is 628 g/mol. The van der Waals surface area contributed by atoms with E-state index < -0.39 is 55.1 Å². The van der Waals surface area contributed by atoms with Crippen LogP contribution in [0.15, 0.2) is 22.8 Å². The highest BCUT2D eigenvalue weighted by Crippen LogP contribution is 2.44. The van der Waals surface area contributed by atoms with Gasteiger partial charge in [0.15, 0.2) is 11.3 Å². The van der Waals surface area contributed by atoms with E-state index in [9.17, 15) is 31.5 Å². The van der Waals surface area contributed by atoms with Gasteiger partial charge in [0.05, 0.1) is 30.3 Å². The summed E-state index contributed by atoms with van der Waals surface area (Å²) in [6.07, 6.45) is -2.19. The summed E-state index contributed by atoms with van der Waals surface area (Å²) in [4.78, 5) is 33.3. The van der Waals surface area contributed by atoms with Crippen LogP contribution in [0.2, 0.25) is 0 Å². The average Bonchev–Trinajstić information content (AvgIpc) is 3.52. The van der Waals surface area contributed by atoms with E-state index in [1.807, 2.05) is 0 Å². The number of carbonyl (C=O) groups is 2. The molecule has 2 aliphatic carbocycles. The van der Waals surface area contributed by atoms with Gasteiger partial charge in [-0.3, -0.25) is 9.59 Å². The van der Waals surface area contributed by atoms with Crippen molar-refractivity contribution in [2.24, 2.45) is 5.92 Å². The molecule has 2 aliphatic rings. The van der Waals surface area contributed by atoms with Gasteiger partial charge < -0.3 is 25.1 Å². The van der Waals surface area contributed by atoms with Crippen molar-refractivity contribution < 1.29 is 45.6 Å². The minimum absolute atomic E-state index is 0.0326. The van der Waals surface area contributed by atoms with Crippen molar-refractivity contribution in [1.82, 2.24) is 30.9 Å². The van der Waals surface area contributed by atoms with Crippen LogP contribution in [0.4, 0.5) is 22.0 Å². The van der Waals surface area contributed by atoms with Crippen molar-refractivity contribution in [2.45, 2.75) is 75.0 Å². The molecule has 0 bridgehead atoms. The third-order valence-corrected chi connectivity index (χ3v) is 7.88. The van der Waals surface area contributed by atoms with Gasteiger partial charge in [-0.15, -0.1) is 0 Å². The van der Waals surface area contributed by atoms with E-state index in [4.69, 9.17) is 14.1 Å². The molecule has 3 aromatic rings. The zero-order valence-corrected chi connectivity index (χ0v) is 24.0. The van der Waals surface area contributed by atoms with Crippen molar-refractivity contribution in [3.8, 4) is 0 Å². The van der Waals surface area contributed by atoms with E-state index in [-0.39, 0.29) is 49.2 Å². The van der Waals surface area contributed by atoms with Crippen molar-refractivity contribution >= 4 is 22.8 Å². The van der Waals surface area contributed by atoms with Gasteiger partial charge in [0.25, 0.3) is 12.3 Å². The molecule has 3 N–H and O–H groups in total. The molecule has 11 nitrogen and oxygen atoms in total. The Labute approximate surface area is 248 Å². The number of amides is 2. The first kappa shape index (κ1) is 31.8. The molecule has 5 rings (SSSR count). The van der Waals surface area contributed by atoms with Crippen LogP contribution in [0.5, 0.6) is 0 Å². The van der Waals surface area contributed by atoms with Crippen LogP contribution in [0.3, 0.4) is 0 Å². The van der Waals surface area contributed by atoms with Gasteiger partial charge in [-0.05, 0) is 48.5 Å². The smallest absolute Gasteiger partial charge is 0.276 e. The van der Waals surface area contributed by atoms with E-state index in [1.54, 1.807) is 18.2 Å². The molecule has 0 saturated heterocycles. The number of alkyl halides is 5. The molecule has 2 fully saturated rings. The molecule has 2 aromatic heterocycles. The molecule has 0 spiro atoms. The Hall–Kier alpha value is -3.66. The number of H-pyrrole nitrogens is 1. The van der Waals surface area contributed by atoms with Crippen LogP contribution in [0, 0.1) is 5.92 Å². The normalized spacial score (nSPS) is 19.4. The lowest BCUT2D eigenvalue weighted by Gasteiger charge is -2.34. The first-order valence-corrected chi connectivity index (χ1v) is 14.2. The molecular weight excluding hydrogens is 595 g/mol. The fourth-order valence-electron chi connectivity index (χ4n) is 5.09. The number of halogens is 5. The van der Waals surface area contributed by atoms with Gasteiger partial charge >= 0.3 is 0 Å². The van der Waals surface area contributed by atoms with Gasteiger partial charge in [0, 0.05) is 32.3 Å². The molecule has 16 heteroatoms. The molecule has 0 aliphatic heterocycles. The first-order valence-electron chi connectivity index (χ1n) is 14.2. The molecule has 1 unspecified atom stereocenters. The molecule has 2 heterocycles. The molecular formula is C28H33F5N6O5. The van der Waals surface area contributed by atoms with Crippen LogP contribution in [0.1, 0.15) is 84.6 Å². The number of hydrogen-bond donors (Lipinski definition) is 3. The van der Waals surface area contributed by atoms with Crippen LogP contribution in [-0.2, 0) is 14.3 Å². The van der Waals surface area contributed by atoms with Crippen molar-refractivity contribution in [1.29, 1.82) is 0 Å². The van der Waals surface area contributed by atoms with E-state index in [0.29, 0.717) is 22.3 Å². The average molecular weight is 629 g/mol. The molecule has 0 radical (unpaired) electrons. The van der Waals surface area contributed by atoms with Crippen LogP contribution in [0.25, 0.3) is 11.0 Å². The number of methoxy groups -OCH3 is 1. The lowest BCUT2D eigenvalue weighted by Crippen LogP contribution is -2.43. The topological polar surface area (TPSA) is 144 Å². The van der Waals surface area contributed by atoms with Gasteiger partial charge in [-0.25, -0.2) is 31.6 Å². The summed E-state index contributed by atoms with van der Waals surface area (Å²) in [5.41, 5.74) is -0.570. The SMILES string of the molecule is COC[C@@H](NC(=O)CC1CC(F)(F)C1)c1ccc2nc([C@H](COC(C)(CF)C(F)F)NC(=O)c3nonc3C3CC3)[nH]c2c1. The highest BCUT2D eigenvalue weighted by atomic mass is 19.3. The molecule has 240 valence electrons. The lowest BCUT2D eigenvalue weighted by molar-refractivity contribution is -0.143. The lowest BCUT2D eigenvalue weighted by atomic mass is 9.79. The summed E-state index contributed by atoms with van der Waals surface area (Å²) in [5, 5.41) is 13.0. The maximum Gasteiger partial charge on any atom is 0.276 e. The summed E-state index contributed by atoms with van der Waals surface area (Å²) in [5.74, 6) is -4.04. The zero-order valence-electron chi connectivity index (χ0n) is 24.0. The number of hydrogen-bond acceptors (Lipinski definition) is 8. The molecule has 2 saturated carbocycles. The molecule has 44 heavy (non-hydrogen) atoms. The van der Waals surface area contributed by atoms with E-state index in [0.717, 1.165) is 19.8 Å². The van der Waals surface area contributed by atoms with Gasteiger partial charge in [0.1, 0.15) is 24.2 Å². The predicted octanol–water partition coefficient (Wildman–Crippen LogP) is 4.54. The summed E-state index contributed by atoms with van der Waals surface area (Å²) in [6.45, 7) is -1.01. The van der Waals surface area contributed by atoms with Gasteiger partial charge in [-0.2, -0.15) is 0 Å². The van der Waals surface area contributed by atoms with Crippen LogP contribution >= 0.6 is 0 Å². The second-order valence-electron chi connectivity index (χ2n) is 11.7. The number of nitrogens with zero attached hydrogens (tertiary/aromatic N) is 3. The van der Waals surface area contributed by atoms with Crippen LogP contribution < -0.4 is 10.6 Å². The second-order valence-corrected chi connectivity index (χ2v) is 11.7. The minimum Gasteiger partial charge on any atom is -0.382 e. The Balaban J connectivity index is 1.36. The van der Waals surface area contributed by atoms with Crippen molar-refractivity contribution in [2.75, 3.05) is 27.0 Å². The van der Waals surface area contributed by atoms with Gasteiger partial charge in [-0.1, -0.05) is 11.2 Å². The van der Waals surface area contributed by atoms with E-state index in [1.165, 1.54) is 7.11 Å². The Morgan fingerprint density at radius 1 is 1.16 bits per heavy atom. The highest BCUT2D eigenvalue weighted by Gasteiger charge is 2.46. The number of nitrogens with one attached hydrogen (secondary N) is 3. The number of benzene rings is 1. The fourth-order valence-corrected chi connectivity index (χ4v) is 5.09. The zero-order chi connectivity index (χ0) is 31.6. The number of imidazole rings is 1. The van der Waals surface area contributed by atoms with Gasteiger partial charge in [0.2, 0.25) is 11.8 Å². The summed E-state index contributed by atoms with van der Waals surface area (Å²) in [6, 6.07) is 3.27. The number of aromatic nitrogens is 4. The number of aromatic amines is 1. The standard InChI is InChI=1S/C28H33F5N6O5/c1-27(13-29,26(30)31)43-12-20(37-25(41)23-22(15-3-4-15)38-44-39-23)24-35-17-6-5-16(8-18(17)36-24)19(11-42-2)34-21(40)7-14-9-28(32,33)10-14/h5-6,8,14-15,19-20,26H,3-4,7,9-13H2,1-2H3,(H,34,40)(H,35,36)(H,37,41)/t19-,20+,27?/m1/s1. The summed E-state index contributed by atoms with van der Waals surface area (Å²) >= 11 is 0. The summed E-state index contributed by atoms with van der Waals surface area (Å²) < 4.78 is 82.3. The van der Waals surface area contributed by atoms with Crippen molar-refractivity contribution in [3.05, 3.63) is 41.0 Å². The highest BCUT2D eigenvalue weighted by molar-refractivity contribution is 5.93. The largest absolute Gasteiger partial charge is 0.382 e. The Morgan fingerprint density at radius 2 is 1.91 bits per heavy atom. The number of ether oxygens (including phenoxy) is 2. The minimum atomic E-state index is -3.14. The predicted molar refractivity (Wildman–Crippen MR) is 144 cm³/mol. The molecule has 2 amide bonds. The Morgan fingerprint density at radius 3 is 2.55 bits per heavy atom. The maximum atomic E-state index is 13.6. The fraction of sp³-hybridized carbons (Fsp3) is 0.607. The molecule has 3 atom stereocenters. The van der Waals surface area contributed by atoms with E-state index >= 15 is 0 Å². The number of fused-ring (bicyclic) bond motifs is 1. The third-order valence-electron chi connectivity index (χ3n) is 7.88. The van der Waals surface area contributed by atoms with E-state index in [2.05, 4.69) is 30.9 Å².